The average molecular weight is 187 g/mol. The lowest BCUT2D eigenvalue weighted by molar-refractivity contribution is 0.482. The fraction of sp³-hybridized carbons (Fsp3) is 0. The van der Waals surface area contributed by atoms with Gasteiger partial charge in [-0.25, -0.2) is 4.98 Å². The molecular formula is C5H5N3O3S. The van der Waals surface area contributed by atoms with Crippen molar-refractivity contribution < 1.29 is 13.0 Å². The van der Waals surface area contributed by atoms with Crippen molar-refractivity contribution in [2.24, 2.45) is 9.63 Å². The number of pyridine rings is 1. The molecule has 1 aromatic rings. The van der Waals surface area contributed by atoms with Crippen molar-refractivity contribution in [2.75, 3.05) is 0 Å². The van der Waals surface area contributed by atoms with Crippen LogP contribution in [0.4, 0.5) is 5.82 Å². The van der Waals surface area contributed by atoms with Crippen LogP contribution in [0.5, 0.6) is 0 Å². The van der Waals surface area contributed by atoms with Gasteiger partial charge in [-0.05, 0) is 16.7 Å². The van der Waals surface area contributed by atoms with E-state index in [-0.39, 0.29) is 5.82 Å². The lowest BCUT2D eigenvalue weighted by Gasteiger charge is -1.86. The largest absolute Gasteiger partial charge is 0.396 e. The molecule has 0 spiro atoms. The van der Waals surface area contributed by atoms with Gasteiger partial charge in [0.2, 0.25) is 0 Å². The van der Waals surface area contributed by atoms with Crippen LogP contribution in [0.25, 0.3) is 0 Å². The van der Waals surface area contributed by atoms with Crippen molar-refractivity contribution in [3.63, 3.8) is 0 Å². The van der Waals surface area contributed by atoms with Gasteiger partial charge in [0.05, 0.1) is 0 Å². The fourth-order valence-electron chi connectivity index (χ4n) is 0.506. The second-order valence-electron chi connectivity index (χ2n) is 1.82. The topological polar surface area (TPSA) is 92.0 Å². The molecule has 0 atom stereocenters. The summed E-state index contributed by atoms with van der Waals surface area (Å²) in [5, 5.41) is 3.15. The Bertz CT molecular complexity index is 372. The monoisotopic (exact) mass is 187 g/mol. The summed E-state index contributed by atoms with van der Waals surface area (Å²) < 4.78 is 30.9. The van der Waals surface area contributed by atoms with E-state index in [1.165, 1.54) is 12.3 Å². The van der Waals surface area contributed by atoms with Crippen molar-refractivity contribution in [3.05, 3.63) is 24.4 Å². The maximum Gasteiger partial charge on any atom is 0.396 e. The Morgan fingerprint density at radius 2 is 2.17 bits per heavy atom. The van der Waals surface area contributed by atoms with Crippen LogP contribution in [0.15, 0.2) is 34.0 Å². The number of hydrogen-bond acceptors (Lipinski definition) is 4. The molecule has 1 heterocycles. The third kappa shape index (κ3) is 3.17. The van der Waals surface area contributed by atoms with Crippen LogP contribution in [-0.2, 0) is 10.3 Å². The predicted molar refractivity (Wildman–Crippen MR) is 40.3 cm³/mol. The fourth-order valence-corrected chi connectivity index (χ4v) is 0.693. The van der Waals surface area contributed by atoms with E-state index < -0.39 is 10.3 Å². The molecular weight excluding hydrogens is 182 g/mol. The van der Waals surface area contributed by atoms with Gasteiger partial charge in [0.15, 0.2) is 5.82 Å². The van der Waals surface area contributed by atoms with Gasteiger partial charge < -0.3 is 0 Å². The van der Waals surface area contributed by atoms with Crippen LogP contribution >= 0.6 is 0 Å². The van der Waals surface area contributed by atoms with Crippen molar-refractivity contribution in [1.29, 1.82) is 0 Å². The van der Waals surface area contributed by atoms with Crippen molar-refractivity contribution in [3.8, 4) is 0 Å². The first-order chi connectivity index (χ1) is 5.58. The van der Waals surface area contributed by atoms with Gasteiger partial charge in [-0.3, -0.25) is 4.55 Å². The Hall–Kier alpha value is -1.34. The van der Waals surface area contributed by atoms with Crippen LogP contribution < -0.4 is 0 Å². The van der Waals surface area contributed by atoms with E-state index in [9.17, 15) is 8.42 Å². The summed E-state index contributed by atoms with van der Waals surface area (Å²) in [7, 11) is -4.40. The normalized spacial score (nSPS) is 12.1. The van der Waals surface area contributed by atoms with Gasteiger partial charge in [-0.15, -0.1) is 5.11 Å². The van der Waals surface area contributed by atoms with Gasteiger partial charge in [0, 0.05) is 6.20 Å². The molecule has 1 N–H and O–H groups in total. The van der Waals surface area contributed by atoms with E-state index in [0.29, 0.717) is 0 Å². The van der Waals surface area contributed by atoms with Crippen molar-refractivity contribution in [1.82, 2.24) is 4.98 Å². The quantitative estimate of drug-likeness (QED) is 0.551. The van der Waals surface area contributed by atoms with Gasteiger partial charge in [-0.1, -0.05) is 6.07 Å². The zero-order chi connectivity index (χ0) is 9.03. The molecule has 0 aliphatic heterocycles. The minimum atomic E-state index is -4.40. The molecule has 0 aliphatic rings. The van der Waals surface area contributed by atoms with Gasteiger partial charge in [0.1, 0.15) is 0 Å². The maximum atomic E-state index is 10.1. The summed E-state index contributed by atoms with van der Waals surface area (Å²) in [5.74, 6) is 0.120. The highest BCUT2D eigenvalue weighted by atomic mass is 32.2. The van der Waals surface area contributed by atoms with Crippen LogP contribution in [0.3, 0.4) is 0 Å². The van der Waals surface area contributed by atoms with Crippen LogP contribution in [0.1, 0.15) is 0 Å². The first-order valence-electron chi connectivity index (χ1n) is 2.89. The number of rotatable bonds is 2. The summed E-state index contributed by atoms with van der Waals surface area (Å²) in [6.45, 7) is 0. The molecule has 0 saturated carbocycles. The molecule has 1 aromatic heterocycles. The van der Waals surface area contributed by atoms with E-state index in [1.54, 1.807) is 12.1 Å². The van der Waals surface area contributed by atoms with Crippen molar-refractivity contribution in [2.45, 2.75) is 0 Å². The van der Waals surface area contributed by atoms with Crippen LogP contribution in [-0.4, -0.2) is 18.0 Å². The number of hydrogen-bond donors (Lipinski definition) is 1. The molecule has 0 bridgehead atoms. The Balaban J connectivity index is 2.85. The molecule has 1 rings (SSSR count). The molecule has 0 radical (unpaired) electrons. The third-order valence-corrected chi connectivity index (χ3v) is 1.18. The second kappa shape index (κ2) is 3.37. The number of aromatic nitrogens is 1. The minimum absolute atomic E-state index is 0.120. The molecule has 0 aromatic carbocycles. The zero-order valence-corrected chi connectivity index (χ0v) is 6.64. The van der Waals surface area contributed by atoms with Crippen molar-refractivity contribution >= 4 is 16.1 Å². The Morgan fingerprint density at radius 1 is 1.42 bits per heavy atom. The number of nitrogens with zero attached hydrogens (tertiary/aromatic N) is 3. The lowest BCUT2D eigenvalue weighted by Crippen LogP contribution is -1.88. The molecule has 0 amide bonds. The highest BCUT2D eigenvalue weighted by Crippen LogP contribution is 2.06. The lowest BCUT2D eigenvalue weighted by atomic mass is 10.5. The summed E-state index contributed by atoms with van der Waals surface area (Å²) in [4.78, 5) is 3.65. The molecule has 12 heavy (non-hydrogen) atoms. The van der Waals surface area contributed by atoms with Gasteiger partial charge in [-0.2, -0.15) is 8.42 Å². The second-order valence-corrected chi connectivity index (χ2v) is 2.88. The predicted octanol–water partition coefficient (Wildman–Crippen LogP) is 0.968. The average Bonchev–Trinajstić information content (AvgIpc) is 2.02. The smallest absolute Gasteiger partial charge is 0.267 e. The van der Waals surface area contributed by atoms with E-state index in [1.807, 2.05) is 0 Å². The summed E-state index contributed by atoms with van der Waals surface area (Å²) in [6, 6.07) is 4.71. The first kappa shape index (κ1) is 8.75. The summed E-state index contributed by atoms with van der Waals surface area (Å²) >= 11 is 0. The summed E-state index contributed by atoms with van der Waals surface area (Å²) in [5.41, 5.74) is 0. The molecule has 0 unspecified atom stereocenters. The van der Waals surface area contributed by atoms with Crippen LogP contribution in [0, 0.1) is 0 Å². The van der Waals surface area contributed by atoms with Gasteiger partial charge in [0.25, 0.3) is 0 Å². The standard InChI is InChI=1S/C5H5N3O3S/c9-12(10,11)8-7-5-3-1-2-4-6-5/h1-4H,(H,9,10,11). The molecule has 0 aliphatic carbocycles. The van der Waals surface area contributed by atoms with E-state index in [4.69, 9.17) is 4.55 Å². The minimum Gasteiger partial charge on any atom is -0.267 e. The molecule has 6 nitrogen and oxygen atoms in total. The Morgan fingerprint density at radius 3 is 2.67 bits per heavy atom. The zero-order valence-electron chi connectivity index (χ0n) is 5.82. The van der Waals surface area contributed by atoms with E-state index in [2.05, 4.69) is 14.6 Å². The maximum absolute atomic E-state index is 10.1. The molecule has 0 fully saturated rings. The SMILES string of the molecule is O=S(=O)(O)N=Nc1ccccn1. The Labute approximate surface area is 68.9 Å². The highest BCUT2D eigenvalue weighted by molar-refractivity contribution is 7.84. The third-order valence-electron chi connectivity index (χ3n) is 0.896. The molecule has 0 saturated heterocycles. The van der Waals surface area contributed by atoms with E-state index in [0.717, 1.165) is 0 Å². The molecule has 64 valence electrons. The Kier molecular flexibility index (Phi) is 2.46. The summed E-state index contributed by atoms with van der Waals surface area (Å²) in [6.07, 6.45) is 1.43. The van der Waals surface area contributed by atoms with Crippen LogP contribution in [0.2, 0.25) is 0 Å². The first-order valence-corrected chi connectivity index (χ1v) is 4.29. The van der Waals surface area contributed by atoms with Gasteiger partial charge >= 0.3 is 10.3 Å². The van der Waals surface area contributed by atoms with E-state index >= 15 is 0 Å². The molecule has 7 heteroatoms. The highest BCUT2D eigenvalue weighted by Gasteiger charge is 1.97.